The van der Waals surface area contributed by atoms with Crippen LogP contribution in [0.3, 0.4) is 0 Å². The van der Waals surface area contributed by atoms with E-state index in [1.165, 1.54) is 0 Å². The van der Waals surface area contributed by atoms with Crippen LogP contribution in [0.15, 0.2) is 34.9 Å². The molecule has 82 valence electrons. The third-order valence-electron chi connectivity index (χ3n) is 2.06. The van der Waals surface area contributed by atoms with E-state index in [-0.39, 0.29) is 17.2 Å². The van der Waals surface area contributed by atoms with Gasteiger partial charge >= 0.3 is 5.97 Å². The highest BCUT2D eigenvalue weighted by Crippen LogP contribution is 2.29. The summed E-state index contributed by atoms with van der Waals surface area (Å²) in [5.74, 6) is -0.828. The maximum Gasteiger partial charge on any atom is 0.311 e. The molecular weight excluding hydrogens is 230 g/mol. The van der Waals surface area contributed by atoms with Crippen molar-refractivity contribution in [3.8, 4) is 11.3 Å². The summed E-state index contributed by atoms with van der Waals surface area (Å²) in [7, 11) is 0. The molecule has 1 N–H and O–H groups in total. The van der Waals surface area contributed by atoms with Crippen LogP contribution >= 0.6 is 11.6 Å². The van der Waals surface area contributed by atoms with Gasteiger partial charge in [-0.3, -0.25) is 4.79 Å². The molecule has 0 saturated carbocycles. The van der Waals surface area contributed by atoms with Crippen LogP contribution in [-0.4, -0.2) is 16.2 Å². The summed E-state index contributed by atoms with van der Waals surface area (Å²) in [6, 6.07) is 9.21. The third kappa shape index (κ3) is 2.06. The number of carboxylic acid groups (broad SMARTS) is 1. The second kappa shape index (κ2) is 4.37. The molecule has 16 heavy (non-hydrogen) atoms. The number of nitrogens with zero attached hydrogens (tertiary/aromatic N) is 1. The Hall–Kier alpha value is -1.81. The number of benzene rings is 1. The minimum atomic E-state index is -1.00. The van der Waals surface area contributed by atoms with E-state index in [2.05, 4.69) is 5.16 Å². The second-order valence-electron chi connectivity index (χ2n) is 3.20. The molecule has 0 saturated heterocycles. The molecule has 0 amide bonds. The summed E-state index contributed by atoms with van der Waals surface area (Å²) in [5.41, 5.74) is 1.27. The Bertz CT molecular complexity index is 507. The Labute approximate surface area is 96.4 Å². The molecule has 0 atom stereocenters. The average molecular weight is 238 g/mol. The SMILES string of the molecule is O=C(O)Cc1onc(-c2ccccc2)c1Cl. The van der Waals surface area contributed by atoms with Crippen molar-refractivity contribution in [2.75, 3.05) is 0 Å². The van der Waals surface area contributed by atoms with Crippen molar-refractivity contribution in [2.24, 2.45) is 0 Å². The molecule has 1 aromatic carbocycles. The molecule has 0 bridgehead atoms. The molecule has 4 nitrogen and oxygen atoms in total. The monoisotopic (exact) mass is 237 g/mol. The molecule has 2 aromatic rings. The number of halogens is 1. The van der Waals surface area contributed by atoms with Crippen LogP contribution in [0.25, 0.3) is 11.3 Å². The van der Waals surface area contributed by atoms with Crippen LogP contribution in [0.2, 0.25) is 5.02 Å². The van der Waals surface area contributed by atoms with E-state index in [4.69, 9.17) is 21.2 Å². The van der Waals surface area contributed by atoms with Gasteiger partial charge in [0.05, 0.1) is 0 Å². The van der Waals surface area contributed by atoms with Crippen molar-refractivity contribution in [3.63, 3.8) is 0 Å². The molecule has 0 spiro atoms. The minimum absolute atomic E-state index is 0.174. The topological polar surface area (TPSA) is 63.3 Å². The van der Waals surface area contributed by atoms with Crippen molar-refractivity contribution in [3.05, 3.63) is 41.1 Å². The van der Waals surface area contributed by atoms with Gasteiger partial charge in [0.2, 0.25) is 0 Å². The van der Waals surface area contributed by atoms with Crippen LogP contribution in [-0.2, 0) is 11.2 Å². The predicted octanol–water partition coefficient (Wildman–Crippen LogP) is 2.62. The summed E-state index contributed by atoms with van der Waals surface area (Å²) in [5, 5.41) is 12.7. The van der Waals surface area contributed by atoms with Crippen LogP contribution in [0.1, 0.15) is 5.76 Å². The zero-order valence-electron chi connectivity index (χ0n) is 8.18. The molecule has 0 aliphatic heterocycles. The summed E-state index contributed by atoms with van der Waals surface area (Å²) in [6.07, 6.45) is -0.265. The maximum absolute atomic E-state index is 10.5. The molecule has 0 unspecified atom stereocenters. The molecule has 1 aromatic heterocycles. The molecule has 0 radical (unpaired) electrons. The van der Waals surface area contributed by atoms with Gasteiger partial charge in [0, 0.05) is 5.56 Å². The second-order valence-corrected chi connectivity index (χ2v) is 3.58. The van der Waals surface area contributed by atoms with Gasteiger partial charge in [0.25, 0.3) is 0 Å². The van der Waals surface area contributed by atoms with Gasteiger partial charge in [0.1, 0.15) is 17.1 Å². The van der Waals surface area contributed by atoms with Gasteiger partial charge in [-0.2, -0.15) is 0 Å². The number of carboxylic acids is 1. The number of rotatable bonds is 3. The third-order valence-corrected chi connectivity index (χ3v) is 2.45. The van der Waals surface area contributed by atoms with E-state index in [1.807, 2.05) is 30.3 Å². The summed E-state index contributed by atoms with van der Waals surface area (Å²) >= 11 is 5.98. The first-order valence-electron chi connectivity index (χ1n) is 4.59. The van der Waals surface area contributed by atoms with E-state index in [0.29, 0.717) is 5.69 Å². The van der Waals surface area contributed by atoms with Crippen molar-refractivity contribution >= 4 is 17.6 Å². The Morgan fingerprint density at radius 1 is 1.38 bits per heavy atom. The normalized spacial score (nSPS) is 10.3. The van der Waals surface area contributed by atoms with Crippen LogP contribution < -0.4 is 0 Å². The zero-order valence-corrected chi connectivity index (χ0v) is 8.94. The molecule has 0 aliphatic carbocycles. The van der Waals surface area contributed by atoms with Gasteiger partial charge < -0.3 is 9.63 Å². The number of aliphatic carboxylic acids is 1. The Kier molecular flexibility index (Phi) is 2.92. The first kappa shape index (κ1) is 10.7. The molecular formula is C11H8ClNO3. The molecule has 2 rings (SSSR count). The van der Waals surface area contributed by atoms with Gasteiger partial charge in [-0.05, 0) is 0 Å². The van der Waals surface area contributed by atoms with Gasteiger partial charge in [-0.25, -0.2) is 0 Å². The number of hydrogen-bond donors (Lipinski definition) is 1. The zero-order chi connectivity index (χ0) is 11.5. The van der Waals surface area contributed by atoms with Crippen LogP contribution in [0, 0.1) is 0 Å². The smallest absolute Gasteiger partial charge is 0.311 e. The van der Waals surface area contributed by atoms with Crippen molar-refractivity contribution < 1.29 is 14.4 Å². The lowest BCUT2D eigenvalue weighted by Crippen LogP contribution is -1.98. The van der Waals surface area contributed by atoms with Crippen LogP contribution in [0.4, 0.5) is 0 Å². The Morgan fingerprint density at radius 3 is 2.69 bits per heavy atom. The maximum atomic E-state index is 10.5. The fourth-order valence-corrected chi connectivity index (χ4v) is 1.58. The molecule has 0 aliphatic rings. The highest BCUT2D eigenvalue weighted by Gasteiger charge is 2.17. The van der Waals surface area contributed by atoms with Gasteiger partial charge in [-0.1, -0.05) is 47.1 Å². The minimum Gasteiger partial charge on any atom is -0.481 e. The standard InChI is InChI=1S/C11H8ClNO3/c12-10-8(6-9(14)15)16-13-11(10)7-4-2-1-3-5-7/h1-5H,6H2,(H,14,15). The van der Waals surface area contributed by atoms with E-state index in [0.717, 1.165) is 5.56 Å². The van der Waals surface area contributed by atoms with E-state index in [9.17, 15) is 4.79 Å². The van der Waals surface area contributed by atoms with E-state index in [1.54, 1.807) is 0 Å². The van der Waals surface area contributed by atoms with Crippen molar-refractivity contribution in [1.82, 2.24) is 5.16 Å². The quantitative estimate of drug-likeness (QED) is 0.891. The lowest BCUT2D eigenvalue weighted by Gasteiger charge is -1.94. The van der Waals surface area contributed by atoms with Crippen molar-refractivity contribution in [2.45, 2.75) is 6.42 Å². The first-order chi connectivity index (χ1) is 7.68. The molecule has 0 fully saturated rings. The number of carbonyl (C=O) groups is 1. The lowest BCUT2D eigenvalue weighted by molar-refractivity contribution is -0.136. The first-order valence-corrected chi connectivity index (χ1v) is 4.97. The number of aromatic nitrogens is 1. The largest absolute Gasteiger partial charge is 0.481 e. The number of hydrogen-bond acceptors (Lipinski definition) is 3. The van der Waals surface area contributed by atoms with Gasteiger partial charge in [-0.15, -0.1) is 0 Å². The van der Waals surface area contributed by atoms with E-state index >= 15 is 0 Å². The summed E-state index contributed by atoms with van der Waals surface area (Å²) in [4.78, 5) is 10.5. The highest BCUT2D eigenvalue weighted by molar-refractivity contribution is 6.33. The summed E-state index contributed by atoms with van der Waals surface area (Å²) in [6.45, 7) is 0. The fourth-order valence-electron chi connectivity index (χ4n) is 1.34. The van der Waals surface area contributed by atoms with E-state index < -0.39 is 5.97 Å². The lowest BCUT2D eigenvalue weighted by atomic mass is 10.1. The average Bonchev–Trinajstić information content (AvgIpc) is 2.61. The van der Waals surface area contributed by atoms with Crippen molar-refractivity contribution in [1.29, 1.82) is 0 Å². The van der Waals surface area contributed by atoms with Gasteiger partial charge in [0.15, 0.2) is 5.76 Å². The fraction of sp³-hybridized carbons (Fsp3) is 0.0909. The highest BCUT2D eigenvalue weighted by atomic mass is 35.5. The Morgan fingerprint density at radius 2 is 2.06 bits per heavy atom. The summed E-state index contributed by atoms with van der Waals surface area (Å²) < 4.78 is 4.90. The molecule has 5 heteroatoms. The molecule has 1 heterocycles. The predicted molar refractivity (Wildman–Crippen MR) is 58.3 cm³/mol. The Balaban J connectivity index is 2.37. The van der Waals surface area contributed by atoms with Crippen LogP contribution in [0.5, 0.6) is 0 Å².